The van der Waals surface area contributed by atoms with E-state index in [4.69, 9.17) is 11.6 Å². The van der Waals surface area contributed by atoms with Gasteiger partial charge in [-0.1, -0.05) is 48.0 Å². The van der Waals surface area contributed by atoms with Gasteiger partial charge in [0.25, 0.3) is 0 Å². The van der Waals surface area contributed by atoms with E-state index >= 15 is 0 Å². The number of amides is 2. The lowest BCUT2D eigenvalue weighted by molar-refractivity contribution is -0.138. The first-order valence-electron chi connectivity index (χ1n) is 11.0. The molecule has 2 atom stereocenters. The van der Waals surface area contributed by atoms with Gasteiger partial charge in [-0.2, -0.15) is 0 Å². The molecule has 0 aromatic heterocycles. The Morgan fingerprint density at radius 2 is 1.91 bits per heavy atom. The highest BCUT2D eigenvalue weighted by atomic mass is 35.5. The minimum Gasteiger partial charge on any atom is -0.342 e. The monoisotopic (exact) mass is 492 g/mol. The Hall–Kier alpha value is -2.45. The Morgan fingerprint density at radius 3 is 2.58 bits per heavy atom. The lowest BCUT2D eigenvalue weighted by atomic mass is 10.0. The van der Waals surface area contributed by atoms with Crippen molar-refractivity contribution >= 4 is 33.3 Å². The van der Waals surface area contributed by atoms with E-state index in [1.54, 1.807) is 11.0 Å². The molecule has 0 spiro atoms. The van der Waals surface area contributed by atoms with E-state index in [1.807, 2.05) is 30.3 Å². The average molecular weight is 493 g/mol. The molecule has 6 nitrogen and oxygen atoms in total. The molecule has 9 heteroatoms. The van der Waals surface area contributed by atoms with Gasteiger partial charge in [-0.05, 0) is 30.5 Å². The molecule has 2 fully saturated rings. The van der Waals surface area contributed by atoms with E-state index in [-0.39, 0.29) is 53.4 Å². The van der Waals surface area contributed by atoms with E-state index in [2.05, 4.69) is 0 Å². The Kier molecular flexibility index (Phi) is 7.05. The van der Waals surface area contributed by atoms with Crippen LogP contribution in [0.1, 0.15) is 24.0 Å². The van der Waals surface area contributed by atoms with E-state index in [0.29, 0.717) is 19.4 Å². The van der Waals surface area contributed by atoms with E-state index < -0.39 is 27.6 Å². The number of hydrogen-bond donors (Lipinski definition) is 0. The molecule has 2 aromatic rings. The summed E-state index contributed by atoms with van der Waals surface area (Å²) < 4.78 is 38.7. The zero-order valence-electron chi connectivity index (χ0n) is 18.1. The van der Waals surface area contributed by atoms with Gasteiger partial charge in [0.05, 0.1) is 24.0 Å². The van der Waals surface area contributed by atoms with Gasteiger partial charge >= 0.3 is 0 Å². The number of halogens is 2. The quantitative estimate of drug-likeness (QED) is 0.595. The molecule has 2 aromatic carbocycles. The van der Waals surface area contributed by atoms with Crippen LogP contribution in [-0.2, 0) is 32.4 Å². The molecule has 2 aliphatic heterocycles. The topological polar surface area (TPSA) is 74.8 Å². The predicted molar refractivity (Wildman–Crippen MR) is 124 cm³/mol. The van der Waals surface area contributed by atoms with E-state index in [1.165, 1.54) is 17.0 Å². The Labute approximate surface area is 198 Å². The van der Waals surface area contributed by atoms with Crippen LogP contribution in [0.25, 0.3) is 0 Å². The summed E-state index contributed by atoms with van der Waals surface area (Å²) in [5.74, 6) is -1.75. The summed E-state index contributed by atoms with van der Waals surface area (Å²) >= 11 is 6.19. The fraction of sp³-hybridized carbons (Fsp3) is 0.417. The molecule has 2 aliphatic rings. The van der Waals surface area contributed by atoms with Gasteiger partial charge in [0.15, 0.2) is 9.84 Å². The number of rotatable bonds is 7. The molecule has 4 rings (SSSR count). The highest BCUT2D eigenvalue weighted by Gasteiger charge is 2.41. The number of nitrogens with zero attached hydrogens (tertiary/aromatic N) is 2. The van der Waals surface area contributed by atoms with Gasteiger partial charge in [0, 0.05) is 36.1 Å². The van der Waals surface area contributed by atoms with Gasteiger partial charge in [-0.3, -0.25) is 9.59 Å². The van der Waals surface area contributed by atoms with E-state index in [9.17, 15) is 22.4 Å². The average Bonchev–Trinajstić information content (AvgIpc) is 3.34. The number of carbonyl (C=O) groups is 2. The first-order valence-corrected chi connectivity index (χ1v) is 13.2. The Morgan fingerprint density at radius 1 is 1.15 bits per heavy atom. The largest absolute Gasteiger partial charge is 0.342 e. The minimum absolute atomic E-state index is 0.0146. The van der Waals surface area contributed by atoms with Crippen LogP contribution in [0.5, 0.6) is 0 Å². The fourth-order valence-electron chi connectivity index (χ4n) is 4.56. The van der Waals surface area contributed by atoms with Crippen LogP contribution < -0.4 is 0 Å². The van der Waals surface area contributed by atoms with Gasteiger partial charge in [0.2, 0.25) is 11.8 Å². The molecule has 0 aliphatic carbocycles. The summed E-state index contributed by atoms with van der Waals surface area (Å²) in [5, 5.41) is 0.181. The van der Waals surface area contributed by atoms with E-state index in [0.717, 1.165) is 5.56 Å². The molecule has 176 valence electrons. The zero-order valence-corrected chi connectivity index (χ0v) is 19.7. The molecule has 2 saturated heterocycles. The van der Waals surface area contributed by atoms with Crippen molar-refractivity contribution in [3.63, 3.8) is 0 Å². The maximum atomic E-state index is 14.5. The van der Waals surface area contributed by atoms with Crippen LogP contribution >= 0.6 is 11.6 Å². The van der Waals surface area contributed by atoms with Crippen molar-refractivity contribution in [2.24, 2.45) is 5.92 Å². The lowest BCUT2D eigenvalue weighted by Gasteiger charge is -2.31. The summed E-state index contributed by atoms with van der Waals surface area (Å²) in [7, 11) is -3.27. The second-order valence-corrected chi connectivity index (χ2v) is 11.3. The Bertz CT molecular complexity index is 1120. The van der Waals surface area contributed by atoms with Gasteiger partial charge in [-0.25, -0.2) is 12.8 Å². The number of sulfone groups is 1. The third kappa shape index (κ3) is 5.55. The summed E-state index contributed by atoms with van der Waals surface area (Å²) in [5.41, 5.74) is 1.26. The molecule has 2 unspecified atom stereocenters. The van der Waals surface area contributed by atoms with Crippen LogP contribution in [0, 0.1) is 11.7 Å². The van der Waals surface area contributed by atoms with Crippen molar-refractivity contribution in [1.82, 2.24) is 9.80 Å². The second-order valence-electron chi connectivity index (χ2n) is 8.70. The standard InChI is InChI=1S/C24H26ClFN2O4S/c25-21-7-4-8-22(26)20(21)15-28(19-10-12-33(31,32)16-19)24(30)18-13-23(29)27(14-18)11-9-17-5-2-1-3-6-17/h1-8,18-19H,9-16H2. The third-order valence-electron chi connectivity index (χ3n) is 6.40. The van der Waals surface area contributed by atoms with Crippen LogP contribution in [0.15, 0.2) is 48.5 Å². The zero-order chi connectivity index (χ0) is 23.6. The van der Waals surface area contributed by atoms with Crippen LogP contribution in [-0.4, -0.2) is 60.7 Å². The van der Waals surface area contributed by atoms with Crippen LogP contribution in [0.4, 0.5) is 4.39 Å². The van der Waals surface area contributed by atoms with Crippen molar-refractivity contribution in [2.75, 3.05) is 24.6 Å². The molecule has 2 heterocycles. The summed E-state index contributed by atoms with van der Waals surface area (Å²) in [6.45, 7) is 0.647. The number of carbonyl (C=O) groups excluding carboxylic acids is 2. The molecular formula is C24H26ClFN2O4S. The fourth-order valence-corrected chi connectivity index (χ4v) is 6.51. The SMILES string of the molecule is O=C1CC(C(=O)N(Cc2c(F)cccc2Cl)C2CCS(=O)(=O)C2)CN1CCc1ccccc1. The molecule has 0 saturated carbocycles. The summed E-state index contributed by atoms with van der Waals surface area (Å²) in [6, 6.07) is 13.5. The molecule has 0 N–H and O–H groups in total. The smallest absolute Gasteiger partial charge is 0.228 e. The van der Waals surface area contributed by atoms with Crippen molar-refractivity contribution in [2.45, 2.75) is 31.8 Å². The molecule has 0 radical (unpaired) electrons. The number of likely N-dealkylation sites (tertiary alicyclic amines) is 1. The summed E-state index contributed by atoms with van der Waals surface area (Å²) in [6.07, 6.45) is 1.04. The molecular weight excluding hydrogens is 467 g/mol. The highest BCUT2D eigenvalue weighted by molar-refractivity contribution is 7.91. The van der Waals surface area contributed by atoms with Crippen LogP contribution in [0.3, 0.4) is 0 Å². The van der Waals surface area contributed by atoms with Gasteiger partial charge < -0.3 is 9.80 Å². The normalized spacial score (nSPS) is 22.0. The minimum atomic E-state index is -3.27. The first-order chi connectivity index (χ1) is 15.7. The highest BCUT2D eigenvalue weighted by Crippen LogP contribution is 2.29. The molecule has 0 bridgehead atoms. The van der Waals surface area contributed by atoms with Crippen molar-refractivity contribution < 1.29 is 22.4 Å². The van der Waals surface area contributed by atoms with Gasteiger partial charge in [0.1, 0.15) is 5.82 Å². The van der Waals surface area contributed by atoms with Crippen molar-refractivity contribution in [3.05, 3.63) is 70.5 Å². The maximum Gasteiger partial charge on any atom is 0.228 e. The summed E-state index contributed by atoms with van der Waals surface area (Å²) in [4.78, 5) is 29.2. The second kappa shape index (κ2) is 9.81. The Balaban J connectivity index is 1.50. The molecule has 33 heavy (non-hydrogen) atoms. The van der Waals surface area contributed by atoms with Gasteiger partial charge in [-0.15, -0.1) is 0 Å². The third-order valence-corrected chi connectivity index (χ3v) is 8.50. The number of hydrogen-bond acceptors (Lipinski definition) is 4. The van der Waals surface area contributed by atoms with Crippen LogP contribution in [0.2, 0.25) is 5.02 Å². The predicted octanol–water partition coefficient (Wildman–Crippen LogP) is 3.09. The van der Waals surface area contributed by atoms with Crippen molar-refractivity contribution in [1.29, 1.82) is 0 Å². The maximum absolute atomic E-state index is 14.5. The lowest BCUT2D eigenvalue weighted by Crippen LogP contribution is -2.44. The van der Waals surface area contributed by atoms with Crippen molar-refractivity contribution in [3.8, 4) is 0 Å². The molecule has 2 amide bonds. The number of benzene rings is 2. The first kappa shape index (κ1) is 23.7.